The maximum atomic E-state index is 13.5. The third kappa shape index (κ3) is 49.1. The van der Waals surface area contributed by atoms with Crippen molar-refractivity contribution in [2.75, 3.05) is 26.4 Å². The molecule has 0 saturated carbocycles. The van der Waals surface area contributed by atoms with E-state index in [9.17, 15) is 61.0 Å². The Labute approximate surface area is 669 Å². The van der Waals surface area contributed by atoms with Crippen molar-refractivity contribution in [3.8, 4) is 0 Å². The Morgan fingerprint density at radius 1 is 0.327 bits per heavy atom. The third-order valence-electron chi connectivity index (χ3n) is 22.8. The number of rotatable bonds is 75. The quantitative estimate of drug-likeness (QED) is 0.0199. The van der Waals surface area contributed by atoms with Crippen molar-refractivity contribution in [2.45, 2.75) is 497 Å². The van der Waals surface area contributed by atoms with Crippen LogP contribution in [0.1, 0.15) is 393 Å². The minimum Gasteiger partial charge on any atom is -0.394 e. The summed E-state index contributed by atoms with van der Waals surface area (Å²) in [6, 6.07) is -0.991. The van der Waals surface area contributed by atoms with E-state index in [4.69, 9.17) is 28.4 Å². The molecule has 0 radical (unpaired) electrons. The van der Waals surface area contributed by atoms with Crippen LogP contribution in [-0.4, -0.2) is 193 Å². The minimum absolute atomic E-state index is 0.239. The van der Waals surface area contributed by atoms with Gasteiger partial charge in [-0.3, -0.25) is 4.79 Å². The highest BCUT2D eigenvalue weighted by molar-refractivity contribution is 5.76. The monoisotopic (exact) mass is 1560 g/mol. The zero-order valence-corrected chi connectivity index (χ0v) is 69.8. The Bertz CT molecular complexity index is 2170. The van der Waals surface area contributed by atoms with Crippen LogP contribution in [0.5, 0.6) is 0 Å². The Morgan fingerprint density at radius 3 is 0.964 bits per heavy atom. The lowest BCUT2D eigenvalue weighted by Gasteiger charge is -2.48. The summed E-state index contributed by atoms with van der Waals surface area (Å²) in [5, 5.41) is 121. The van der Waals surface area contributed by atoms with Crippen LogP contribution in [0.25, 0.3) is 0 Å². The first-order valence-electron chi connectivity index (χ1n) is 45.9. The maximum Gasteiger partial charge on any atom is 0.220 e. The van der Waals surface area contributed by atoms with Gasteiger partial charge in [0.05, 0.1) is 38.6 Å². The second kappa shape index (κ2) is 70.9. The van der Waals surface area contributed by atoms with Gasteiger partial charge in [-0.25, -0.2) is 0 Å². The van der Waals surface area contributed by atoms with E-state index in [1.54, 1.807) is 6.08 Å². The highest BCUT2D eigenvalue weighted by atomic mass is 16.8. The number of hydrogen-bond acceptors (Lipinski definition) is 18. The molecule has 0 aromatic heterocycles. The van der Waals surface area contributed by atoms with Crippen LogP contribution in [0.15, 0.2) is 48.6 Å². The number of ether oxygens (including phenoxy) is 6. The molecular formula is C91H169NO18. The number of hydrogen-bond donors (Lipinski definition) is 12. The Kier molecular flexibility index (Phi) is 65.7. The number of unbranched alkanes of at least 4 members (excludes halogenated alkanes) is 53. The van der Waals surface area contributed by atoms with Crippen molar-refractivity contribution >= 4 is 5.91 Å². The molecule has 17 atom stereocenters. The zero-order chi connectivity index (χ0) is 79.5. The first-order valence-corrected chi connectivity index (χ1v) is 45.9. The summed E-state index contributed by atoms with van der Waals surface area (Å²) >= 11 is 0. The molecular weight excluding hydrogens is 1390 g/mol. The van der Waals surface area contributed by atoms with Crippen LogP contribution in [0.4, 0.5) is 0 Å². The van der Waals surface area contributed by atoms with Crippen LogP contribution in [-0.2, 0) is 33.2 Å². The first kappa shape index (κ1) is 102. The molecule has 0 bridgehead atoms. The highest BCUT2D eigenvalue weighted by Gasteiger charge is 2.54. The summed E-state index contributed by atoms with van der Waals surface area (Å²) in [4.78, 5) is 13.5. The van der Waals surface area contributed by atoms with Gasteiger partial charge in [-0.2, -0.15) is 0 Å². The molecule has 19 heteroatoms. The normalized spacial score (nSPS) is 25.3. The van der Waals surface area contributed by atoms with Crippen LogP contribution < -0.4 is 5.32 Å². The molecule has 0 aromatic rings. The fourth-order valence-corrected chi connectivity index (χ4v) is 15.5. The molecule has 3 aliphatic heterocycles. The molecule has 0 aliphatic carbocycles. The SMILES string of the molecule is CCCCCCC/C=C\C/C=C\CCCCCCCCCCCCCCCCCCCCCCCCCCCCCC(=O)NC(COC1OC(CO)C(OC2OC(CO)C(OC3OC(CO)C(O)C(O)C3O)C(O)C2O)C(O)C1O)C(O)/C=C/CC/C=C/CCCCCCCCCCCCCCCCCCCCCC. The molecule has 3 heterocycles. The van der Waals surface area contributed by atoms with Gasteiger partial charge in [0.25, 0.3) is 0 Å². The van der Waals surface area contributed by atoms with Crippen molar-refractivity contribution < 1.29 is 89.4 Å². The molecule has 3 rings (SSSR count). The third-order valence-corrected chi connectivity index (χ3v) is 22.8. The van der Waals surface area contributed by atoms with E-state index in [-0.39, 0.29) is 18.9 Å². The summed E-state index contributed by atoms with van der Waals surface area (Å²) in [6.45, 7) is 1.77. The second-order valence-electron chi connectivity index (χ2n) is 32.8. The molecule has 3 fully saturated rings. The van der Waals surface area contributed by atoms with Gasteiger partial charge in [-0.05, 0) is 64.2 Å². The lowest BCUT2D eigenvalue weighted by Crippen LogP contribution is -2.66. The number of aliphatic hydroxyl groups excluding tert-OH is 11. The number of aliphatic hydroxyl groups is 11. The number of amides is 1. The van der Waals surface area contributed by atoms with Crippen molar-refractivity contribution in [3.05, 3.63) is 48.6 Å². The predicted octanol–water partition coefficient (Wildman–Crippen LogP) is 17.6. The van der Waals surface area contributed by atoms with Gasteiger partial charge in [-0.15, -0.1) is 0 Å². The first-order chi connectivity index (χ1) is 53.8. The van der Waals surface area contributed by atoms with Gasteiger partial charge in [0.2, 0.25) is 5.91 Å². The van der Waals surface area contributed by atoms with Crippen LogP contribution in [0.3, 0.4) is 0 Å². The Balaban J connectivity index is 1.31. The van der Waals surface area contributed by atoms with E-state index in [0.29, 0.717) is 12.8 Å². The number of nitrogens with one attached hydrogen (secondary N) is 1. The summed E-state index contributed by atoms with van der Waals surface area (Å²) in [5.74, 6) is -0.277. The van der Waals surface area contributed by atoms with Crippen LogP contribution in [0, 0.1) is 0 Å². The molecule has 646 valence electrons. The van der Waals surface area contributed by atoms with Crippen molar-refractivity contribution in [3.63, 3.8) is 0 Å². The van der Waals surface area contributed by atoms with Crippen molar-refractivity contribution in [2.24, 2.45) is 0 Å². The topological polar surface area (TPSA) is 307 Å². The zero-order valence-electron chi connectivity index (χ0n) is 69.8. The lowest BCUT2D eigenvalue weighted by molar-refractivity contribution is -0.379. The fraction of sp³-hybridized carbons (Fsp3) is 0.901. The number of carbonyl (C=O) groups excluding carboxylic acids is 1. The highest BCUT2D eigenvalue weighted by Crippen LogP contribution is 2.34. The summed E-state index contributed by atoms with van der Waals surface area (Å²) < 4.78 is 34.5. The summed E-state index contributed by atoms with van der Waals surface area (Å²) in [7, 11) is 0. The second-order valence-corrected chi connectivity index (χ2v) is 32.8. The van der Waals surface area contributed by atoms with Gasteiger partial charge in [0.1, 0.15) is 73.2 Å². The molecule has 0 spiro atoms. The molecule has 19 nitrogen and oxygen atoms in total. The fourth-order valence-electron chi connectivity index (χ4n) is 15.5. The lowest BCUT2D eigenvalue weighted by atomic mass is 9.96. The van der Waals surface area contributed by atoms with E-state index in [2.05, 4.69) is 55.6 Å². The average molecular weight is 1570 g/mol. The van der Waals surface area contributed by atoms with Gasteiger partial charge in [0.15, 0.2) is 18.9 Å². The molecule has 110 heavy (non-hydrogen) atoms. The minimum atomic E-state index is -1.98. The van der Waals surface area contributed by atoms with E-state index < -0.39 is 124 Å². The molecule has 17 unspecified atom stereocenters. The smallest absolute Gasteiger partial charge is 0.220 e. The van der Waals surface area contributed by atoms with Gasteiger partial charge >= 0.3 is 0 Å². The summed E-state index contributed by atoms with van der Waals surface area (Å²) in [6.07, 6.45) is 65.7. The molecule has 0 aromatic carbocycles. The van der Waals surface area contributed by atoms with Gasteiger partial charge in [0, 0.05) is 6.42 Å². The van der Waals surface area contributed by atoms with Crippen molar-refractivity contribution in [1.29, 1.82) is 0 Å². The van der Waals surface area contributed by atoms with E-state index in [1.807, 2.05) is 6.08 Å². The van der Waals surface area contributed by atoms with Crippen molar-refractivity contribution in [1.82, 2.24) is 5.32 Å². The van der Waals surface area contributed by atoms with E-state index >= 15 is 0 Å². The van der Waals surface area contributed by atoms with Gasteiger partial charge < -0.3 is 89.9 Å². The number of allylic oxidation sites excluding steroid dienone is 7. The van der Waals surface area contributed by atoms with Crippen LogP contribution >= 0.6 is 0 Å². The maximum absolute atomic E-state index is 13.5. The molecule has 3 saturated heterocycles. The Hall–Kier alpha value is -2.25. The van der Waals surface area contributed by atoms with E-state index in [1.165, 1.54) is 315 Å². The molecule has 3 aliphatic rings. The Morgan fingerprint density at radius 2 is 0.609 bits per heavy atom. The molecule has 12 N–H and O–H groups in total. The van der Waals surface area contributed by atoms with E-state index in [0.717, 1.165) is 44.9 Å². The van der Waals surface area contributed by atoms with Gasteiger partial charge in [-0.1, -0.05) is 371 Å². The van der Waals surface area contributed by atoms with Crippen LogP contribution in [0.2, 0.25) is 0 Å². The predicted molar refractivity (Wildman–Crippen MR) is 443 cm³/mol. The average Bonchev–Trinajstić information content (AvgIpc) is 0.780. The molecule has 1 amide bonds. The largest absolute Gasteiger partial charge is 0.394 e. The number of carbonyl (C=O) groups is 1. The standard InChI is InChI=1S/C91H169NO18/c1-3-5-7-9-11-13-15-17-19-21-23-25-27-29-31-32-33-34-35-36-37-38-39-40-41-42-43-45-47-49-51-53-55-57-59-61-63-65-67-69-79(97)92-74(75(96)68-66-64-62-60-58-56-54-52-50-48-46-44-30-28-26-24-22-20-18-16-14-12-10-8-6-4-2)73-105-89-85(103)82(100)87(77(71-94)107-89)110-91-86(104)83(101)88(78(72-95)108-91)109-90-84(102)81(99)80(98)76(70-93)106-90/h15,17,21,23,58,60,66,68,74-78,80-91,93-96,98-104H,3-14,16,18-20,22,24-57,59,61-65,67,69-73H2,1-2H3,(H,92,97)/b17-15-,23-21-,60-58+,68-66+. The summed E-state index contributed by atoms with van der Waals surface area (Å²) in [5.41, 5.74) is 0.